The summed E-state index contributed by atoms with van der Waals surface area (Å²) < 4.78 is 6.38. The third-order valence-corrected chi connectivity index (χ3v) is 16.1. The summed E-state index contributed by atoms with van der Waals surface area (Å²) in [5.74, 6) is -9.73. The molecule has 86 heavy (non-hydrogen) atoms. The maximum absolute atomic E-state index is 15.1. The zero-order valence-corrected chi connectivity index (χ0v) is 56.9. The first-order valence-electron chi connectivity index (χ1n) is 31.0. The van der Waals surface area contributed by atoms with Gasteiger partial charge in [-0.15, -0.1) is 0 Å². The van der Waals surface area contributed by atoms with E-state index in [2.05, 4.69) is 26.6 Å². The van der Waals surface area contributed by atoms with Crippen LogP contribution < -0.4 is 26.6 Å². The second-order valence-corrected chi connectivity index (χ2v) is 26.6. The number of ether oxygens (including phenoxy) is 1. The number of hydrogen-bond acceptors (Lipinski definition) is 13. The smallest absolute Gasteiger partial charge is 0.329 e. The molecule has 0 aliphatic carbocycles. The Balaban J connectivity index is 4.30. The van der Waals surface area contributed by atoms with Crippen molar-refractivity contribution in [2.24, 2.45) is 47.3 Å². The molecule has 0 bridgehead atoms. The number of nitrogens with zero attached hydrogens (tertiary/aromatic N) is 6. The molecule has 0 radical (unpaired) electrons. The molecule has 0 aromatic rings. The average Bonchev–Trinajstić information content (AvgIpc) is 3.57. The van der Waals surface area contributed by atoms with Crippen LogP contribution in [0.2, 0.25) is 0 Å². The van der Waals surface area contributed by atoms with Crippen molar-refractivity contribution in [1.29, 1.82) is 0 Å². The minimum atomic E-state index is -1.24. The Kier molecular flexibility index (Phi) is 32.3. The zero-order valence-electron chi connectivity index (χ0n) is 56.9. The lowest BCUT2D eigenvalue weighted by atomic mass is 9.92. The molecule has 0 saturated carbocycles. The van der Waals surface area contributed by atoms with Gasteiger partial charge in [0.25, 0.3) is 0 Å². The Morgan fingerprint density at radius 1 is 0.477 bits per heavy atom. The first-order valence-corrected chi connectivity index (χ1v) is 31.0. The van der Waals surface area contributed by atoms with Gasteiger partial charge < -0.3 is 60.7 Å². The fraction of sp³-hybridized carbons (Fsp3) is 0.794. The van der Waals surface area contributed by atoms with Crippen LogP contribution in [-0.2, 0) is 57.5 Å². The van der Waals surface area contributed by atoms with Gasteiger partial charge in [-0.3, -0.25) is 47.9 Å². The summed E-state index contributed by atoms with van der Waals surface area (Å²) in [5.41, 5.74) is 0. The molecule has 23 heteroatoms. The molecule has 1 aliphatic rings. The van der Waals surface area contributed by atoms with Crippen molar-refractivity contribution in [3.05, 3.63) is 12.2 Å². The Bertz CT molecular complexity index is 2340. The van der Waals surface area contributed by atoms with Gasteiger partial charge >= 0.3 is 5.97 Å². The average molecular weight is 1220 g/mol. The number of carbonyl (C=O) groups excluding carboxylic acids is 11. The molecule has 23 nitrogen and oxygen atoms in total. The van der Waals surface area contributed by atoms with Crippen LogP contribution in [0.5, 0.6) is 0 Å². The second-order valence-electron chi connectivity index (χ2n) is 26.6. The topological polar surface area (TPSA) is 277 Å². The lowest BCUT2D eigenvalue weighted by Crippen LogP contribution is -2.61. The lowest BCUT2D eigenvalue weighted by Gasteiger charge is -2.40. The van der Waals surface area contributed by atoms with Crippen molar-refractivity contribution in [3.63, 3.8) is 0 Å². The van der Waals surface area contributed by atoms with Gasteiger partial charge in [0.05, 0.1) is 6.54 Å². The quantitative estimate of drug-likeness (QED) is 0.115. The van der Waals surface area contributed by atoms with Crippen molar-refractivity contribution >= 4 is 65.0 Å². The Labute approximate surface area is 515 Å². The van der Waals surface area contributed by atoms with Crippen LogP contribution in [0.4, 0.5) is 0 Å². The van der Waals surface area contributed by atoms with Crippen LogP contribution in [0, 0.1) is 47.3 Å². The molecule has 1 fully saturated rings. The number of allylic oxidation sites excluding steroid dienone is 2. The Hall–Kier alpha value is -6.13. The summed E-state index contributed by atoms with van der Waals surface area (Å²) >= 11 is 0. The highest BCUT2D eigenvalue weighted by molar-refractivity contribution is 5.98. The highest BCUT2D eigenvalue weighted by Crippen LogP contribution is 2.26. The van der Waals surface area contributed by atoms with E-state index in [0.717, 1.165) is 0 Å². The molecule has 4 unspecified atom stereocenters. The molecule has 1 aliphatic heterocycles. The minimum absolute atomic E-state index is 0.124. The summed E-state index contributed by atoms with van der Waals surface area (Å²) in [6.45, 7) is 31.5. The molecule has 5 N–H and O–H groups in total. The van der Waals surface area contributed by atoms with Crippen LogP contribution in [0.15, 0.2) is 12.2 Å². The van der Waals surface area contributed by atoms with Crippen molar-refractivity contribution in [2.75, 3.05) is 55.9 Å². The summed E-state index contributed by atoms with van der Waals surface area (Å²) in [5, 5.41) is 14.1. The van der Waals surface area contributed by atoms with E-state index in [1.165, 1.54) is 92.6 Å². The van der Waals surface area contributed by atoms with E-state index < -0.39 is 162 Å². The summed E-state index contributed by atoms with van der Waals surface area (Å²) in [4.78, 5) is 167. The van der Waals surface area contributed by atoms with Gasteiger partial charge in [0.1, 0.15) is 66.5 Å². The standard InChI is InChI=1S/C63H113N11O12/c1-26-27-28-41(16)53-51(64-19)57(79)68-49(38(10)11)61(83)69(20)33-48(75)70(21)44(29-34(2)3)56(78)67-50(39(12)13)62(84)71(22)45(30-35(4)5)55(77)65-42(17)54(76)66-43(18)58(80)72(23)46(31-36(6)7)59(81)73(24)47(32-37(8)9)60(82)74(25)52(40(14)15)63(85)86-53/h26-27,34-47,49-53,64H,28-33H2,1-25H3,(H,65,77)(H,66,76)(H,67,78)(H,68,79)/b27-26+/t41?,42-,43+,44-,45?,46-,47-,49-,50-,51-,52?,53?/m0/s1. The fourth-order valence-electron chi connectivity index (χ4n) is 10.7. The Morgan fingerprint density at radius 2 is 0.872 bits per heavy atom. The molecule has 0 spiro atoms. The highest BCUT2D eigenvalue weighted by Gasteiger charge is 2.45. The SMILES string of the molecule is C/C=C/CC(C)C1OC(=O)C(C(C)C)N(C)C(=O)[C@H](CC(C)C)N(C)C(=O)[C@H](CC(C)C)N(C)C(=O)[C@@H](C)NC(=O)[C@H](C)NC(=O)C(CC(C)C)N(C)C(=O)[C@H](C(C)C)NC(=O)[C@H](CC(C)C)N(C)C(=O)CN(C)C(=O)[C@H](C(C)C)NC(=O)[C@H]1NC. The normalized spacial score (nSPS) is 27.3. The molecule has 1 rings (SSSR count). The van der Waals surface area contributed by atoms with Crippen molar-refractivity contribution in [3.8, 4) is 0 Å². The van der Waals surface area contributed by atoms with Gasteiger partial charge in [-0.1, -0.05) is 116 Å². The van der Waals surface area contributed by atoms with E-state index in [1.807, 2.05) is 81.4 Å². The predicted octanol–water partition coefficient (Wildman–Crippen LogP) is 3.83. The molecule has 492 valence electrons. The van der Waals surface area contributed by atoms with Crippen LogP contribution in [0.25, 0.3) is 0 Å². The van der Waals surface area contributed by atoms with Gasteiger partial charge in [-0.25, -0.2) is 4.79 Å². The van der Waals surface area contributed by atoms with E-state index in [4.69, 9.17) is 4.74 Å². The maximum atomic E-state index is 15.1. The predicted molar refractivity (Wildman–Crippen MR) is 333 cm³/mol. The molecule has 12 atom stereocenters. The first kappa shape index (κ1) is 77.9. The number of cyclic esters (lactones) is 1. The third-order valence-electron chi connectivity index (χ3n) is 16.1. The van der Waals surface area contributed by atoms with Crippen molar-refractivity contribution < 1.29 is 57.5 Å². The van der Waals surface area contributed by atoms with Crippen molar-refractivity contribution in [2.45, 2.75) is 223 Å². The molecule has 10 amide bonds. The number of nitrogens with one attached hydrogen (secondary N) is 5. The largest absolute Gasteiger partial charge is 0.458 e. The van der Waals surface area contributed by atoms with E-state index in [1.54, 1.807) is 41.5 Å². The summed E-state index contributed by atoms with van der Waals surface area (Å²) in [7, 11) is 10.2. The molecule has 1 heterocycles. The van der Waals surface area contributed by atoms with Gasteiger partial charge in [0.2, 0.25) is 59.1 Å². The van der Waals surface area contributed by atoms with E-state index in [0.29, 0.717) is 6.42 Å². The van der Waals surface area contributed by atoms with Crippen LogP contribution in [-0.4, -0.2) is 217 Å². The van der Waals surface area contributed by atoms with E-state index in [-0.39, 0.29) is 49.4 Å². The number of likely N-dealkylation sites (N-methyl/N-ethyl adjacent to an activating group) is 7. The molecular formula is C63H113N11O12. The zero-order chi connectivity index (χ0) is 66.7. The summed E-state index contributed by atoms with van der Waals surface area (Å²) in [6, 6.07) is -11.8. The molecule has 0 aromatic carbocycles. The number of hydrogen-bond donors (Lipinski definition) is 5. The van der Waals surface area contributed by atoms with E-state index in [9.17, 15) is 47.9 Å². The van der Waals surface area contributed by atoms with Gasteiger partial charge in [0, 0.05) is 42.3 Å². The van der Waals surface area contributed by atoms with Crippen LogP contribution in [0.1, 0.15) is 157 Å². The highest BCUT2D eigenvalue weighted by atomic mass is 16.5. The first-order chi connectivity index (χ1) is 39.7. The number of amides is 10. The maximum Gasteiger partial charge on any atom is 0.329 e. The lowest BCUT2D eigenvalue weighted by molar-refractivity contribution is -0.167. The van der Waals surface area contributed by atoms with Crippen molar-refractivity contribution in [1.82, 2.24) is 56.0 Å². The van der Waals surface area contributed by atoms with Crippen LogP contribution >= 0.6 is 0 Å². The number of carbonyl (C=O) groups is 11. The molecular weight excluding hydrogens is 1100 g/mol. The van der Waals surface area contributed by atoms with Gasteiger partial charge in [-0.2, -0.15) is 0 Å². The minimum Gasteiger partial charge on any atom is -0.458 e. The Morgan fingerprint density at radius 3 is 1.31 bits per heavy atom. The number of rotatable bonds is 15. The monoisotopic (exact) mass is 1220 g/mol. The summed E-state index contributed by atoms with van der Waals surface area (Å²) in [6.07, 6.45) is 3.57. The van der Waals surface area contributed by atoms with Gasteiger partial charge in [-0.05, 0) is 107 Å². The second kappa shape index (κ2) is 35.6. The number of esters is 1. The van der Waals surface area contributed by atoms with Gasteiger partial charge in [0.15, 0.2) is 0 Å². The van der Waals surface area contributed by atoms with E-state index >= 15 is 4.79 Å². The fourth-order valence-corrected chi connectivity index (χ4v) is 10.7. The molecule has 1 saturated heterocycles. The molecule has 0 aromatic heterocycles. The third kappa shape index (κ3) is 22.2. The van der Waals surface area contributed by atoms with Crippen LogP contribution in [0.3, 0.4) is 0 Å².